The second-order valence-electron chi connectivity index (χ2n) is 6.70. The molecule has 0 aromatic heterocycles. The highest BCUT2D eigenvalue weighted by molar-refractivity contribution is 9.10. The standard InChI is InChI=1S/C16H20BrNO2/c17-12-6-11(16(8-18)2-1-3-16)7-13-14(12)20-10-15(4-5-15)9-19-13/h6-7H,1-5,8-10,18H2. The van der Waals surface area contributed by atoms with Gasteiger partial charge in [-0.2, -0.15) is 0 Å². The van der Waals surface area contributed by atoms with Gasteiger partial charge in [0.1, 0.15) is 0 Å². The van der Waals surface area contributed by atoms with E-state index in [1.165, 1.54) is 37.7 Å². The van der Waals surface area contributed by atoms with Gasteiger partial charge in [-0.15, -0.1) is 0 Å². The Morgan fingerprint density at radius 2 is 1.85 bits per heavy atom. The first kappa shape index (κ1) is 13.0. The third kappa shape index (κ3) is 1.88. The molecule has 4 rings (SSSR count). The number of halogens is 1. The van der Waals surface area contributed by atoms with Crippen molar-refractivity contribution in [3.05, 3.63) is 22.2 Å². The lowest BCUT2D eigenvalue weighted by Gasteiger charge is -2.41. The van der Waals surface area contributed by atoms with Crippen LogP contribution in [0.4, 0.5) is 0 Å². The highest BCUT2D eigenvalue weighted by atomic mass is 79.9. The highest BCUT2D eigenvalue weighted by Gasteiger charge is 2.46. The third-order valence-electron chi connectivity index (χ3n) is 5.34. The minimum Gasteiger partial charge on any atom is -0.489 e. The molecule has 2 saturated carbocycles. The van der Waals surface area contributed by atoms with E-state index in [2.05, 4.69) is 28.1 Å². The van der Waals surface area contributed by atoms with Crippen LogP contribution in [0.2, 0.25) is 0 Å². The number of fused-ring (bicyclic) bond motifs is 1. The molecule has 0 radical (unpaired) electrons. The Kier molecular flexibility index (Phi) is 2.84. The number of nitrogens with two attached hydrogens (primary N) is 1. The van der Waals surface area contributed by atoms with Crippen molar-refractivity contribution in [1.29, 1.82) is 0 Å². The van der Waals surface area contributed by atoms with E-state index in [0.717, 1.165) is 29.2 Å². The molecule has 0 bridgehead atoms. The van der Waals surface area contributed by atoms with E-state index in [1.54, 1.807) is 0 Å². The Labute approximate surface area is 127 Å². The fourth-order valence-corrected chi connectivity index (χ4v) is 3.86. The molecule has 20 heavy (non-hydrogen) atoms. The molecule has 0 saturated heterocycles. The van der Waals surface area contributed by atoms with Crippen molar-refractivity contribution >= 4 is 15.9 Å². The van der Waals surface area contributed by atoms with Crippen molar-refractivity contribution < 1.29 is 9.47 Å². The van der Waals surface area contributed by atoms with Crippen LogP contribution in [0.1, 0.15) is 37.7 Å². The Bertz CT molecular complexity index is 544. The molecule has 108 valence electrons. The van der Waals surface area contributed by atoms with Gasteiger partial charge in [0.25, 0.3) is 0 Å². The summed E-state index contributed by atoms with van der Waals surface area (Å²) >= 11 is 3.65. The smallest absolute Gasteiger partial charge is 0.175 e. The quantitative estimate of drug-likeness (QED) is 0.899. The van der Waals surface area contributed by atoms with Crippen molar-refractivity contribution in [1.82, 2.24) is 0 Å². The molecule has 1 heterocycles. The van der Waals surface area contributed by atoms with Crippen LogP contribution in [0.5, 0.6) is 11.5 Å². The first-order valence-corrected chi connectivity index (χ1v) is 8.26. The van der Waals surface area contributed by atoms with Crippen LogP contribution in [0.3, 0.4) is 0 Å². The second kappa shape index (κ2) is 4.38. The summed E-state index contributed by atoms with van der Waals surface area (Å²) in [6.07, 6.45) is 6.07. The number of rotatable bonds is 2. The number of hydrogen-bond donors (Lipinski definition) is 1. The molecule has 1 aromatic rings. The van der Waals surface area contributed by atoms with Crippen molar-refractivity contribution in [2.24, 2.45) is 11.1 Å². The van der Waals surface area contributed by atoms with E-state index in [4.69, 9.17) is 15.2 Å². The lowest BCUT2D eigenvalue weighted by Crippen LogP contribution is -2.41. The lowest BCUT2D eigenvalue weighted by atomic mass is 9.64. The molecule has 2 N–H and O–H groups in total. The molecule has 1 aromatic carbocycles. The predicted octanol–water partition coefficient (Wildman–Crippen LogP) is 3.38. The molecule has 4 heteroatoms. The second-order valence-corrected chi connectivity index (χ2v) is 7.56. The van der Waals surface area contributed by atoms with Gasteiger partial charge < -0.3 is 15.2 Å². The summed E-state index contributed by atoms with van der Waals surface area (Å²) in [6, 6.07) is 4.34. The minimum absolute atomic E-state index is 0.157. The van der Waals surface area contributed by atoms with Crippen molar-refractivity contribution in [2.45, 2.75) is 37.5 Å². The fraction of sp³-hybridized carbons (Fsp3) is 0.625. The molecule has 1 aliphatic heterocycles. The first-order valence-electron chi connectivity index (χ1n) is 7.46. The van der Waals surface area contributed by atoms with Crippen LogP contribution in [-0.2, 0) is 5.41 Å². The maximum Gasteiger partial charge on any atom is 0.175 e. The summed E-state index contributed by atoms with van der Waals surface area (Å²) in [6.45, 7) is 2.27. The zero-order chi connectivity index (χ0) is 13.8. The summed E-state index contributed by atoms with van der Waals surface area (Å²) in [5.41, 5.74) is 7.76. The molecule has 3 aliphatic rings. The predicted molar refractivity (Wildman–Crippen MR) is 81.4 cm³/mol. The van der Waals surface area contributed by atoms with Crippen LogP contribution >= 0.6 is 15.9 Å². The monoisotopic (exact) mass is 337 g/mol. The zero-order valence-corrected chi connectivity index (χ0v) is 13.2. The molecule has 2 aliphatic carbocycles. The maximum absolute atomic E-state index is 6.06. The van der Waals surface area contributed by atoms with E-state index in [-0.39, 0.29) is 10.8 Å². The first-order chi connectivity index (χ1) is 9.66. The van der Waals surface area contributed by atoms with Crippen molar-refractivity contribution in [2.75, 3.05) is 19.8 Å². The molecule has 2 fully saturated rings. The van der Waals surface area contributed by atoms with Gasteiger partial charge in [0.05, 0.1) is 17.7 Å². The average Bonchev–Trinajstić information content (AvgIpc) is 3.17. The van der Waals surface area contributed by atoms with Gasteiger partial charge in [-0.3, -0.25) is 0 Å². The largest absolute Gasteiger partial charge is 0.489 e. The molecular formula is C16H20BrNO2. The van der Waals surface area contributed by atoms with Gasteiger partial charge in [-0.1, -0.05) is 6.42 Å². The van der Waals surface area contributed by atoms with Gasteiger partial charge in [0.15, 0.2) is 11.5 Å². The van der Waals surface area contributed by atoms with E-state index < -0.39 is 0 Å². The fourth-order valence-electron chi connectivity index (χ4n) is 3.30. The van der Waals surface area contributed by atoms with Crippen LogP contribution in [-0.4, -0.2) is 19.8 Å². The molecule has 0 atom stereocenters. The maximum atomic E-state index is 6.06. The summed E-state index contributed by atoms with van der Waals surface area (Å²) < 4.78 is 13.1. The van der Waals surface area contributed by atoms with Gasteiger partial charge in [0.2, 0.25) is 0 Å². The third-order valence-corrected chi connectivity index (χ3v) is 5.93. The van der Waals surface area contributed by atoms with Gasteiger partial charge in [0, 0.05) is 17.4 Å². The molecular weight excluding hydrogens is 318 g/mol. The summed E-state index contributed by atoms with van der Waals surface area (Å²) in [7, 11) is 0. The Morgan fingerprint density at radius 1 is 1.10 bits per heavy atom. The number of hydrogen-bond acceptors (Lipinski definition) is 3. The Balaban J connectivity index is 1.71. The minimum atomic E-state index is 0.157. The van der Waals surface area contributed by atoms with Crippen molar-refractivity contribution in [3.8, 4) is 11.5 Å². The Hall–Kier alpha value is -0.740. The van der Waals surface area contributed by atoms with Crippen LogP contribution in [0.25, 0.3) is 0 Å². The molecule has 0 amide bonds. The summed E-state index contributed by atoms with van der Waals surface area (Å²) in [4.78, 5) is 0. The normalized spacial score (nSPS) is 24.9. The van der Waals surface area contributed by atoms with Crippen LogP contribution in [0.15, 0.2) is 16.6 Å². The SMILES string of the molecule is NCC1(c2cc(Br)c3c(c2)OCC2(CC2)CO3)CCC1. The summed E-state index contributed by atoms with van der Waals surface area (Å²) in [5.74, 6) is 1.75. The van der Waals surface area contributed by atoms with E-state index >= 15 is 0 Å². The number of benzene rings is 1. The molecule has 0 unspecified atom stereocenters. The Morgan fingerprint density at radius 3 is 2.45 bits per heavy atom. The van der Waals surface area contributed by atoms with Gasteiger partial charge in [-0.05, 0) is 59.3 Å². The highest BCUT2D eigenvalue weighted by Crippen LogP contribution is 2.52. The van der Waals surface area contributed by atoms with Crippen LogP contribution < -0.4 is 15.2 Å². The number of ether oxygens (including phenoxy) is 2. The summed E-state index contributed by atoms with van der Waals surface area (Å²) in [5, 5.41) is 0. The lowest BCUT2D eigenvalue weighted by molar-refractivity contribution is 0.196. The van der Waals surface area contributed by atoms with Gasteiger partial charge >= 0.3 is 0 Å². The molecule has 1 spiro atoms. The van der Waals surface area contributed by atoms with E-state index in [9.17, 15) is 0 Å². The van der Waals surface area contributed by atoms with E-state index in [1.807, 2.05) is 0 Å². The van der Waals surface area contributed by atoms with Gasteiger partial charge in [-0.25, -0.2) is 0 Å². The molecule has 3 nitrogen and oxygen atoms in total. The van der Waals surface area contributed by atoms with Crippen LogP contribution in [0, 0.1) is 5.41 Å². The van der Waals surface area contributed by atoms with Crippen molar-refractivity contribution in [3.63, 3.8) is 0 Å². The zero-order valence-electron chi connectivity index (χ0n) is 11.6. The average molecular weight is 338 g/mol. The topological polar surface area (TPSA) is 44.5 Å². The van der Waals surface area contributed by atoms with E-state index in [0.29, 0.717) is 6.54 Å².